The first-order valence-electron chi connectivity index (χ1n) is 8.31. The van der Waals surface area contributed by atoms with E-state index in [2.05, 4.69) is 15.5 Å². The Morgan fingerprint density at radius 3 is 2.21 bits per heavy atom. The van der Waals surface area contributed by atoms with Crippen molar-refractivity contribution in [2.24, 2.45) is 0 Å². The Morgan fingerprint density at radius 2 is 1.55 bits per heavy atom. The molecule has 9 heteroatoms. The predicted molar refractivity (Wildman–Crippen MR) is 112 cm³/mol. The minimum atomic E-state index is -0.451. The summed E-state index contributed by atoms with van der Waals surface area (Å²) in [5.74, 6) is -0.420. The minimum absolute atomic E-state index is 0.0761. The van der Waals surface area contributed by atoms with E-state index in [0.29, 0.717) is 30.9 Å². The molecule has 2 aromatic carbocycles. The third-order valence-electron chi connectivity index (χ3n) is 3.98. The molecule has 1 N–H and O–H groups in total. The van der Waals surface area contributed by atoms with Crippen molar-refractivity contribution in [3.05, 3.63) is 86.0 Å². The summed E-state index contributed by atoms with van der Waals surface area (Å²) in [7, 11) is 0. The van der Waals surface area contributed by atoms with E-state index in [1.165, 1.54) is 11.3 Å². The molecule has 29 heavy (non-hydrogen) atoms. The Balaban J connectivity index is 1.47. The van der Waals surface area contributed by atoms with E-state index < -0.39 is 5.91 Å². The predicted octanol–water partition coefficient (Wildman–Crippen LogP) is 5.59. The number of benzene rings is 2. The zero-order valence-electron chi connectivity index (χ0n) is 14.6. The third kappa shape index (κ3) is 4.22. The van der Waals surface area contributed by atoms with Gasteiger partial charge in [0.2, 0.25) is 0 Å². The van der Waals surface area contributed by atoms with Crippen molar-refractivity contribution in [3.63, 3.8) is 0 Å². The second-order valence-electron chi connectivity index (χ2n) is 5.88. The Bertz CT molecular complexity index is 1190. The Kier molecular flexibility index (Phi) is 5.44. The van der Waals surface area contributed by atoms with E-state index in [1.807, 2.05) is 6.07 Å². The lowest BCUT2D eigenvalue weighted by Gasteiger charge is -2.03. The van der Waals surface area contributed by atoms with E-state index in [1.54, 1.807) is 54.6 Å². The van der Waals surface area contributed by atoms with Crippen molar-refractivity contribution in [1.82, 2.24) is 10.2 Å². The van der Waals surface area contributed by atoms with Gasteiger partial charge in [0.25, 0.3) is 11.8 Å². The van der Waals surface area contributed by atoms with Crippen LogP contribution in [-0.4, -0.2) is 21.9 Å². The van der Waals surface area contributed by atoms with Gasteiger partial charge in [-0.1, -0.05) is 70.8 Å². The summed E-state index contributed by atoms with van der Waals surface area (Å²) in [4.78, 5) is 24.8. The quantitative estimate of drug-likeness (QED) is 0.406. The number of halogens is 2. The highest BCUT2D eigenvalue weighted by atomic mass is 35.5. The van der Waals surface area contributed by atoms with Gasteiger partial charge < -0.3 is 4.42 Å². The number of hydrogen-bond acceptors (Lipinski definition) is 6. The normalized spacial score (nSPS) is 10.7. The van der Waals surface area contributed by atoms with Gasteiger partial charge in [-0.15, -0.1) is 16.4 Å². The lowest BCUT2D eigenvalue weighted by atomic mass is 10.0. The van der Waals surface area contributed by atoms with Crippen LogP contribution in [0.25, 0.3) is 11.5 Å². The van der Waals surface area contributed by atoms with Crippen LogP contribution in [0.15, 0.2) is 65.1 Å². The number of amides is 1. The number of ketones is 1. The van der Waals surface area contributed by atoms with Crippen molar-refractivity contribution in [3.8, 4) is 11.5 Å². The fraction of sp³-hybridized carbons (Fsp3) is 0. The maximum Gasteiger partial charge on any atom is 0.322 e. The van der Waals surface area contributed by atoms with Gasteiger partial charge in [-0.2, -0.15) is 0 Å². The highest BCUT2D eigenvalue weighted by Gasteiger charge is 2.17. The van der Waals surface area contributed by atoms with Crippen LogP contribution in [0.5, 0.6) is 0 Å². The standard InChI is InChI=1S/C20H11Cl2N3O3S/c21-15-10-14(17(22)29-15)19-24-25-20(28-19)23-18(27)13-8-6-12(7-9-13)16(26)11-4-2-1-3-5-11/h1-10H,(H,23,25,27). The molecule has 0 spiro atoms. The molecule has 0 bridgehead atoms. The third-order valence-corrected chi connectivity index (χ3v) is 5.47. The molecule has 2 aromatic heterocycles. The molecule has 0 aliphatic rings. The van der Waals surface area contributed by atoms with Crippen LogP contribution in [-0.2, 0) is 0 Å². The van der Waals surface area contributed by atoms with Crippen LogP contribution in [0.2, 0.25) is 8.67 Å². The largest absolute Gasteiger partial charge is 0.403 e. The van der Waals surface area contributed by atoms with E-state index in [-0.39, 0.29) is 17.7 Å². The Morgan fingerprint density at radius 1 is 0.897 bits per heavy atom. The lowest BCUT2D eigenvalue weighted by molar-refractivity contribution is 0.101. The molecule has 4 rings (SSSR count). The number of carbonyl (C=O) groups is 2. The molecule has 0 radical (unpaired) electrons. The van der Waals surface area contributed by atoms with Crippen LogP contribution in [0.3, 0.4) is 0 Å². The highest BCUT2D eigenvalue weighted by molar-refractivity contribution is 7.20. The fourth-order valence-corrected chi connectivity index (χ4v) is 4.02. The zero-order valence-corrected chi connectivity index (χ0v) is 16.9. The lowest BCUT2D eigenvalue weighted by Crippen LogP contribution is -2.12. The molecule has 2 heterocycles. The van der Waals surface area contributed by atoms with Crippen molar-refractivity contribution in [2.45, 2.75) is 0 Å². The number of nitrogens with zero attached hydrogens (tertiary/aromatic N) is 2. The fourth-order valence-electron chi connectivity index (χ4n) is 2.57. The number of anilines is 1. The van der Waals surface area contributed by atoms with Gasteiger partial charge in [-0.3, -0.25) is 14.9 Å². The molecule has 1 amide bonds. The Labute approximate surface area is 179 Å². The van der Waals surface area contributed by atoms with E-state index in [9.17, 15) is 9.59 Å². The van der Waals surface area contributed by atoms with E-state index in [0.717, 1.165) is 0 Å². The summed E-state index contributed by atoms with van der Waals surface area (Å²) < 4.78 is 6.33. The van der Waals surface area contributed by atoms with Crippen molar-refractivity contribution < 1.29 is 14.0 Å². The summed E-state index contributed by atoms with van der Waals surface area (Å²) in [6.07, 6.45) is 0. The SMILES string of the molecule is O=C(Nc1nnc(-c2cc(Cl)sc2Cl)o1)c1ccc(C(=O)c2ccccc2)cc1. The monoisotopic (exact) mass is 443 g/mol. The van der Waals surface area contributed by atoms with Gasteiger partial charge in [0.15, 0.2) is 5.78 Å². The van der Waals surface area contributed by atoms with E-state index in [4.69, 9.17) is 27.6 Å². The van der Waals surface area contributed by atoms with Gasteiger partial charge >= 0.3 is 6.01 Å². The number of rotatable bonds is 5. The van der Waals surface area contributed by atoms with Gasteiger partial charge in [0, 0.05) is 16.7 Å². The van der Waals surface area contributed by atoms with Gasteiger partial charge in [-0.25, -0.2) is 0 Å². The number of aromatic nitrogens is 2. The summed E-state index contributed by atoms with van der Waals surface area (Å²) >= 11 is 13.2. The second kappa shape index (κ2) is 8.16. The topological polar surface area (TPSA) is 85.1 Å². The number of carbonyl (C=O) groups excluding carboxylic acids is 2. The van der Waals surface area contributed by atoms with Crippen molar-refractivity contribution in [1.29, 1.82) is 0 Å². The average molecular weight is 444 g/mol. The van der Waals surface area contributed by atoms with Gasteiger partial charge in [-0.05, 0) is 18.2 Å². The average Bonchev–Trinajstić information content (AvgIpc) is 3.33. The van der Waals surface area contributed by atoms with Gasteiger partial charge in [0.05, 0.1) is 9.90 Å². The molecule has 6 nitrogen and oxygen atoms in total. The molecule has 0 aliphatic heterocycles. The number of thiophene rings is 1. The molecular formula is C20H11Cl2N3O3S. The summed E-state index contributed by atoms with van der Waals surface area (Å²) in [6.45, 7) is 0. The molecule has 0 unspecified atom stereocenters. The van der Waals surface area contributed by atoms with Crippen LogP contribution >= 0.6 is 34.5 Å². The van der Waals surface area contributed by atoms with Gasteiger partial charge in [0.1, 0.15) is 4.34 Å². The highest BCUT2D eigenvalue weighted by Crippen LogP contribution is 2.37. The smallest absolute Gasteiger partial charge is 0.322 e. The summed E-state index contributed by atoms with van der Waals surface area (Å²) in [5.41, 5.74) is 1.90. The minimum Gasteiger partial charge on any atom is -0.403 e. The molecule has 0 fully saturated rings. The first kappa shape index (κ1) is 19.3. The molecule has 0 atom stereocenters. The Hall–Kier alpha value is -3.00. The second-order valence-corrected chi connectivity index (χ2v) is 8.16. The first-order valence-corrected chi connectivity index (χ1v) is 9.88. The van der Waals surface area contributed by atoms with Crippen molar-refractivity contribution in [2.75, 3.05) is 5.32 Å². The molecule has 0 saturated carbocycles. The summed E-state index contributed by atoms with van der Waals surface area (Å²) in [5, 5.41) is 10.2. The number of nitrogens with one attached hydrogen (secondary N) is 1. The molecule has 4 aromatic rings. The van der Waals surface area contributed by atoms with Crippen LogP contribution < -0.4 is 5.32 Å². The van der Waals surface area contributed by atoms with Crippen molar-refractivity contribution >= 4 is 52.2 Å². The van der Waals surface area contributed by atoms with Crippen LogP contribution in [0.1, 0.15) is 26.3 Å². The number of hydrogen-bond donors (Lipinski definition) is 1. The zero-order chi connectivity index (χ0) is 20.4. The first-order chi connectivity index (χ1) is 14.0. The van der Waals surface area contributed by atoms with Crippen LogP contribution in [0, 0.1) is 0 Å². The molecule has 0 saturated heterocycles. The maximum atomic E-state index is 12.4. The molecular weight excluding hydrogens is 433 g/mol. The molecule has 144 valence electrons. The van der Waals surface area contributed by atoms with Crippen LogP contribution in [0.4, 0.5) is 6.01 Å². The maximum absolute atomic E-state index is 12.4. The molecule has 0 aliphatic carbocycles. The summed E-state index contributed by atoms with van der Waals surface area (Å²) in [6, 6.07) is 16.7. The van der Waals surface area contributed by atoms with E-state index >= 15 is 0 Å².